The number of halogens is 1. The fourth-order valence-electron chi connectivity index (χ4n) is 4.81. The summed E-state index contributed by atoms with van der Waals surface area (Å²) >= 11 is 0. The lowest BCUT2D eigenvalue weighted by Crippen LogP contribution is -2.06. The summed E-state index contributed by atoms with van der Waals surface area (Å²) in [5, 5.41) is 24.8. The molecule has 0 aliphatic carbocycles. The molecule has 2 heterocycles. The van der Waals surface area contributed by atoms with E-state index in [0.29, 0.717) is 23.2 Å². The van der Waals surface area contributed by atoms with Crippen LogP contribution in [0.4, 0.5) is 4.39 Å². The molecule has 5 rings (SSSR count). The van der Waals surface area contributed by atoms with Crippen molar-refractivity contribution in [3.8, 4) is 28.5 Å². The maximum atomic E-state index is 15.2. The molecule has 6 heteroatoms. The maximum absolute atomic E-state index is 15.2. The number of benzene rings is 3. The predicted octanol–water partition coefficient (Wildman–Crippen LogP) is 4.85. The van der Waals surface area contributed by atoms with Crippen LogP contribution in [0.3, 0.4) is 0 Å². The predicted molar refractivity (Wildman–Crippen MR) is 124 cm³/mol. The molecule has 32 heavy (non-hydrogen) atoms. The number of nitriles is 1. The van der Waals surface area contributed by atoms with E-state index in [1.807, 2.05) is 26.1 Å². The van der Waals surface area contributed by atoms with Gasteiger partial charge in [0.25, 0.3) is 0 Å². The summed E-state index contributed by atoms with van der Waals surface area (Å²) in [7, 11) is 1.83. The smallest absolute Gasteiger partial charge is 0.131 e. The Bertz CT molecular complexity index is 1390. The number of nitrogens with one attached hydrogen (secondary N) is 3. The van der Waals surface area contributed by atoms with Gasteiger partial charge in [-0.3, -0.25) is 5.10 Å². The van der Waals surface area contributed by atoms with E-state index in [4.69, 9.17) is 0 Å². The first-order valence-electron chi connectivity index (χ1n) is 10.7. The first kappa shape index (κ1) is 20.4. The first-order valence-corrected chi connectivity index (χ1v) is 10.7. The van der Waals surface area contributed by atoms with E-state index in [1.165, 1.54) is 22.8 Å². The molecule has 0 unspecified atom stereocenters. The van der Waals surface area contributed by atoms with E-state index in [2.05, 4.69) is 46.0 Å². The third kappa shape index (κ3) is 3.27. The van der Waals surface area contributed by atoms with Crippen molar-refractivity contribution in [2.75, 3.05) is 7.05 Å². The van der Waals surface area contributed by atoms with Gasteiger partial charge in [-0.25, -0.2) is 4.39 Å². The van der Waals surface area contributed by atoms with Gasteiger partial charge in [-0.1, -0.05) is 6.07 Å². The number of aromatic nitrogens is 2. The van der Waals surface area contributed by atoms with Gasteiger partial charge in [0.1, 0.15) is 5.82 Å². The second-order valence-corrected chi connectivity index (χ2v) is 8.46. The minimum Gasteiger partial charge on any atom is -0.316 e. The van der Waals surface area contributed by atoms with Crippen LogP contribution in [0, 0.1) is 31.0 Å². The SMILES string of the molecule is CNCc1cc(C)c(-c2cc3c(-c4cc(C)c5c(c4)CNC5)n[nH]c3cc2C#N)c(F)c1. The van der Waals surface area contributed by atoms with Crippen molar-refractivity contribution in [1.29, 1.82) is 5.26 Å². The number of aromatic amines is 1. The van der Waals surface area contributed by atoms with Gasteiger partial charge in [0.2, 0.25) is 0 Å². The number of hydrogen-bond acceptors (Lipinski definition) is 4. The normalized spacial score (nSPS) is 12.8. The number of hydrogen-bond donors (Lipinski definition) is 3. The lowest BCUT2D eigenvalue weighted by molar-refractivity contribution is 0.626. The van der Waals surface area contributed by atoms with Crippen LogP contribution in [0.5, 0.6) is 0 Å². The lowest BCUT2D eigenvalue weighted by atomic mass is 9.91. The van der Waals surface area contributed by atoms with E-state index in [9.17, 15) is 5.26 Å². The Labute approximate surface area is 186 Å². The number of nitrogens with zero attached hydrogens (tertiary/aromatic N) is 2. The standard InChI is InChI=1S/C26H24FN5/c1-14-5-17(7-19-12-30-13-22(14)19)26-21-9-20(18(10-28)8-24(21)31-32-26)25-15(2)4-16(11-29-3)6-23(25)27/h4-9,29-30H,11-13H2,1-3H3,(H,31,32). The van der Waals surface area contributed by atoms with E-state index in [-0.39, 0.29) is 5.82 Å². The Morgan fingerprint density at radius 2 is 1.94 bits per heavy atom. The van der Waals surface area contributed by atoms with Gasteiger partial charge in [-0.05, 0) is 79.0 Å². The topological polar surface area (TPSA) is 76.5 Å². The van der Waals surface area contributed by atoms with Crippen molar-refractivity contribution in [2.24, 2.45) is 0 Å². The average molecular weight is 426 g/mol. The zero-order chi connectivity index (χ0) is 22.4. The highest BCUT2D eigenvalue weighted by Gasteiger charge is 2.20. The highest BCUT2D eigenvalue weighted by Crippen LogP contribution is 2.37. The molecule has 0 saturated heterocycles. The van der Waals surface area contributed by atoms with Crippen molar-refractivity contribution in [1.82, 2.24) is 20.8 Å². The molecule has 5 nitrogen and oxygen atoms in total. The van der Waals surface area contributed by atoms with Crippen LogP contribution in [-0.2, 0) is 19.6 Å². The van der Waals surface area contributed by atoms with Crippen molar-refractivity contribution in [2.45, 2.75) is 33.5 Å². The molecule has 0 amide bonds. The number of rotatable bonds is 4. The highest BCUT2D eigenvalue weighted by atomic mass is 19.1. The second kappa shape index (κ2) is 7.86. The Morgan fingerprint density at radius 3 is 2.69 bits per heavy atom. The molecule has 3 aromatic carbocycles. The van der Waals surface area contributed by atoms with Crippen molar-refractivity contribution in [3.05, 3.63) is 75.6 Å². The molecular formula is C26H24FN5. The van der Waals surface area contributed by atoms with Gasteiger partial charge in [-0.15, -0.1) is 0 Å². The molecular weight excluding hydrogens is 401 g/mol. The molecule has 0 radical (unpaired) electrons. The third-order valence-corrected chi connectivity index (χ3v) is 6.27. The van der Waals surface area contributed by atoms with Gasteiger partial charge in [-0.2, -0.15) is 10.4 Å². The zero-order valence-electron chi connectivity index (χ0n) is 18.4. The molecule has 0 fully saturated rings. The molecule has 1 aromatic heterocycles. The minimum atomic E-state index is -0.324. The Morgan fingerprint density at radius 1 is 1.09 bits per heavy atom. The van der Waals surface area contributed by atoms with Gasteiger partial charge in [0, 0.05) is 41.7 Å². The van der Waals surface area contributed by atoms with Gasteiger partial charge >= 0.3 is 0 Å². The molecule has 0 spiro atoms. The summed E-state index contributed by atoms with van der Waals surface area (Å²) < 4.78 is 15.2. The number of aryl methyl sites for hydroxylation is 2. The van der Waals surface area contributed by atoms with Crippen LogP contribution in [-0.4, -0.2) is 17.2 Å². The van der Waals surface area contributed by atoms with Gasteiger partial charge in [0.05, 0.1) is 22.8 Å². The summed E-state index contributed by atoms with van der Waals surface area (Å²) in [5.74, 6) is -0.324. The van der Waals surface area contributed by atoms with Gasteiger partial charge < -0.3 is 10.6 Å². The van der Waals surface area contributed by atoms with Crippen LogP contribution < -0.4 is 10.6 Å². The number of fused-ring (bicyclic) bond motifs is 2. The molecule has 1 aliphatic heterocycles. The van der Waals surface area contributed by atoms with Crippen LogP contribution in [0.15, 0.2) is 36.4 Å². The molecule has 3 N–H and O–H groups in total. The minimum absolute atomic E-state index is 0.324. The monoisotopic (exact) mass is 425 g/mol. The third-order valence-electron chi connectivity index (χ3n) is 6.27. The summed E-state index contributed by atoms with van der Waals surface area (Å²) in [6.07, 6.45) is 0. The van der Waals surface area contributed by atoms with Crippen LogP contribution in [0.25, 0.3) is 33.3 Å². The molecule has 0 bridgehead atoms. The quantitative estimate of drug-likeness (QED) is 0.437. The van der Waals surface area contributed by atoms with Crippen LogP contribution in [0.1, 0.15) is 33.4 Å². The molecule has 1 aliphatic rings. The molecule has 160 valence electrons. The Kier molecular flexibility index (Phi) is 5.01. The van der Waals surface area contributed by atoms with Crippen molar-refractivity contribution in [3.63, 3.8) is 0 Å². The van der Waals surface area contributed by atoms with Crippen molar-refractivity contribution >= 4 is 10.9 Å². The summed E-state index contributed by atoms with van der Waals surface area (Å²) in [6.45, 7) is 6.33. The Hall–Kier alpha value is -3.53. The lowest BCUT2D eigenvalue weighted by Gasteiger charge is -2.13. The fraction of sp³-hybridized carbons (Fsp3) is 0.231. The first-order chi connectivity index (χ1) is 15.5. The highest BCUT2D eigenvalue weighted by molar-refractivity contribution is 5.98. The van der Waals surface area contributed by atoms with Crippen LogP contribution >= 0.6 is 0 Å². The number of H-pyrrole nitrogens is 1. The largest absolute Gasteiger partial charge is 0.316 e. The maximum Gasteiger partial charge on any atom is 0.131 e. The fourth-order valence-corrected chi connectivity index (χ4v) is 4.81. The van der Waals surface area contributed by atoms with E-state index in [0.717, 1.165) is 46.4 Å². The zero-order valence-corrected chi connectivity index (χ0v) is 18.4. The average Bonchev–Trinajstić information content (AvgIpc) is 3.39. The molecule has 0 atom stereocenters. The van der Waals surface area contributed by atoms with Gasteiger partial charge in [0.15, 0.2) is 0 Å². The molecule has 0 saturated carbocycles. The summed E-state index contributed by atoms with van der Waals surface area (Å²) in [5.41, 5.74) is 9.61. The Balaban J connectivity index is 1.71. The molecule has 4 aromatic rings. The van der Waals surface area contributed by atoms with E-state index >= 15 is 4.39 Å². The van der Waals surface area contributed by atoms with Crippen LogP contribution in [0.2, 0.25) is 0 Å². The van der Waals surface area contributed by atoms with E-state index < -0.39 is 0 Å². The second-order valence-electron chi connectivity index (χ2n) is 8.46. The van der Waals surface area contributed by atoms with Crippen molar-refractivity contribution < 1.29 is 4.39 Å². The van der Waals surface area contributed by atoms with E-state index in [1.54, 1.807) is 6.07 Å². The summed E-state index contributed by atoms with van der Waals surface area (Å²) in [4.78, 5) is 0. The summed E-state index contributed by atoms with van der Waals surface area (Å²) in [6, 6.07) is 13.7.